The largest absolute Gasteiger partial charge is 0.488 e. The normalized spacial score (nSPS) is 13.5. The molecule has 1 N–H and O–H groups in total. The summed E-state index contributed by atoms with van der Waals surface area (Å²) in [6.45, 7) is 5.44. The van der Waals surface area contributed by atoms with Gasteiger partial charge in [-0.3, -0.25) is 0 Å². The Labute approximate surface area is 113 Å². The molecule has 1 aromatic rings. The predicted octanol–water partition coefficient (Wildman–Crippen LogP) is 4.05. The van der Waals surface area contributed by atoms with Gasteiger partial charge in [-0.2, -0.15) is 0 Å². The van der Waals surface area contributed by atoms with Crippen molar-refractivity contribution >= 4 is 23.2 Å². The van der Waals surface area contributed by atoms with Gasteiger partial charge in [-0.1, -0.05) is 42.3 Å². The van der Waals surface area contributed by atoms with Crippen LogP contribution < -0.4 is 10.1 Å². The van der Waals surface area contributed by atoms with Crippen molar-refractivity contribution in [3.8, 4) is 5.75 Å². The lowest BCUT2D eigenvalue weighted by Crippen LogP contribution is -2.17. The Morgan fingerprint density at radius 3 is 2.94 bits per heavy atom. The first kappa shape index (κ1) is 14.4. The summed E-state index contributed by atoms with van der Waals surface area (Å²) in [5, 5.41) is 3.83. The molecular formula is C13H17Cl2NO. The number of rotatable bonds is 6. The number of halogens is 2. The fourth-order valence-electron chi connectivity index (χ4n) is 1.48. The van der Waals surface area contributed by atoms with E-state index in [0.29, 0.717) is 17.7 Å². The molecule has 0 heterocycles. The molecule has 0 fully saturated rings. The summed E-state index contributed by atoms with van der Waals surface area (Å²) in [5.74, 6) is 0.795. The molecule has 0 saturated carbocycles. The molecule has 0 aliphatic heterocycles. The summed E-state index contributed by atoms with van der Waals surface area (Å²) < 4.78 is 5.52. The second-order valence-electron chi connectivity index (χ2n) is 3.70. The van der Waals surface area contributed by atoms with Crippen LogP contribution in [-0.2, 0) is 0 Å². The summed E-state index contributed by atoms with van der Waals surface area (Å²) in [5.41, 5.74) is 2.50. The molecule has 2 nitrogen and oxygen atoms in total. The highest BCUT2D eigenvalue weighted by Gasteiger charge is 2.04. The van der Waals surface area contributed by atoms with Crippen molar-refractivity contribution in [2.75, 3.05) is 13.2 Å². The molecule has 0 spiro atoms. The van der Waals surface area contributed by atoms with Gasteiger partial charge in [-0.15, -0.1) is 0 Å². The first-order chi connectivity index (χ1) is 8.17. The van der Waals surface area contributed by atoms with Crippen LogP contribution in [0.2, 0.25) is 0 Å². The lowest BCUT2D eigenvalue weighted by molar-refractivity contribution is 0.358. The summed E-state index contributed by atoms with van der Waals surface area (Å²) in [4.78, 5) is 0. The van der Waals surface area contributed by atoms with Gasteiger partial charge in [0.05, 0.1) is 5.03 Å². The van der Waals surface area contributed by atoms with Gasteiger partial charge in [-0.05, 0) is 31.2 Å². The van der Waals surface area contributed by atoms with Crippen LogP contribution in [0.15, 0.2) is 34.8 Å². The van der Waals surface area contributed by atoms with Crippen molar-refractivity contribution in [3.63, 3.8) is 0 Å². The molecule has 1 aromatic carbocycles. The maximum atomic E-state index is 5.76. The smallest absolute Gasteiger partial charge is 0.125 e. The molecule has 0 saturated heterocycles. The van der Waals surface area contributed by atoms with Crippen molar-refractivity contribution in [2.45, 2.75) is 19.9 Å². The number of hydrogen-bond acceptors (Lipinski definition) is 2. The van der Waals surface area contributed by atoms with E-state index in [2.05, 4.69) is 25.2 Å². The lowest BCUT2D eigenvalue weighted by atomic mass is 10.1. The van der Waals surface area contributed by atoms with Gasteiger partial charge in [0.15, 0.2) is 0 Å². The SMILES string of the molecule is CCNC(C)c1cccc(OCC(Cl)=CCl)c1. The van der Waals surface area contributed by atoms with E-state index in [1.807, 2.05) is 18.2 Å². The average Bonchev–Trinajstić information content (AvgIpc) is 2.36. The van der Waals surface area contributed by atoms with Gasteiger partial charge in [0.25, 0.3) is 0 Å². The fraction of sp³-hybridized carbons (Fsp3) is 0.385. The molecule has 4 heteroatoms. The number of hydrogen-bond donors (Lipinski definition) is 1. The zero-order valence-corrected chi connectivity index (χ0v) is 11.6. The highest BCUT2D eigenvalue weighted by Crippen LogP contribution is 2.19. The molecule has 0 aliphatic rings. The van der Waals surface area contributed by atoms with Crippen molar-refractivity contribution in [1.82, 2.24) is 5.32 Å². The first-order valence-electron chi connectivity index (χ1n) is 5.58. The van der Waals surface area contributed by atoms with E-state index in [1.165, 1.54) is 11.1 Å². The minimum absolute atomic E-state index is 0.296. The molecule has 17 heavy (non-hydrogen) atoms. The highest BCUT2D eigenvalue weighted by atomic mass is 35.5. The van der Waals surface area contributed by atoms with Crippen LogP contribution in [0.25, 0.3) is 0 Å². The second kappa shape index (κ2) is 7.59. The Bertz CT molecular complexity index is 379. The van der Waals surface area contributed by atoms with Gasteiger partial charge in [0, 0.05) is 11.6 Å². The number of ether oxygens (including phenoxy) is 1. The topological polar surface area (TPSA) is 21.3 Å². The van der Waals surface area contributed by atoms with Crippen LogP contribution in [0.5, 0.6) is 5.75 Å². The quantitative estimate of drug-likeness (QED) is 0.844. The minimum Gasteiger partial charge on any atom is -0.488 e. The molecule has 94 valence electrons. The van der Waals surface area contributed by atoms with E-state index < -0.39 is 0 Å². The highest BCUT2D eigenvalue weighted by molar-refractivity contribution is 6.36. The van der Waals surface area contributed by atoms with Gasteiger partial charge in [0.1, 0.15) is 12.4 Å². The molecule has 0 aromatic heterocycles. The van der Waals surface area contributed by atoms with Crippen molar-refractivity contribution < 1.29 is 4.74 Å². The third-order valence-corrected chi connectivity index (χ3v) is 2.96. The molecule has 0 aliphatic carbocycles. The Morgan fingerprint density at radius 2 is 2.29 bits per heavy atom. The van der Waals surface area contributed by atoms with E-state index >= 15 is 0 Å². The third kappa shape index (κ3) is 4.99. The van der Waals surface area contributed by atoms with Crippen LogP contribution in [0, 0.1) is 0 Å². The molecular weight excluding hydrogens is 257 g/mol. The summed E-state index contributed by atoms with van der Waals surface area (Å²) >= 11 is 11.2. The van der Waals surface area contributed by atoms with Gasteiger partial charge >= 0.3 is 0 Å². The maximum Gasteiger partial charge on any atom is 0.125 e. The van der Waals surface area contributed by atoms with Gasteiger partial charge in [0.2, 0.25) is 0 Å². The second-order valence-corrected chi connectivity index (χ2v) is 4.40. The first-order valence-corrected chi connectivity index (χ1v) is 6.39. The van der Waals surface area contributed by atoms with E-state index in [0.717, 1.165) is 12.3 Å². The average molecular weight is 274 g/mol. The number of benzene rings is 1. The molecule has 1 unspecified atom stereocenters. The Morgan fingerprint density at radius 1 is 1.53 bits per heavy atom. The Balaban J connectivity index is 2.65. The number of nitrogens with one attached hydrogen (secondary N) is 1. The molecule has 0 amide bonds. The zero-order chi connectivity index (χ0) is 12.7. The third-order valence-electron chi connectivity index (χ3n) is 2.36. The van der Waals surface area contributed by atoms with E-state index in [1.54, 1.807) is 0 Å². The van der Waals surface area contributed by atoms with Gasteiger partial charge < -0.3 is 10.1 Å². The van der Waals surface area contributed by atoms with E-state index in [-0.39, 0.29) is 0 Å². The van der Waals surface area contributed by atoms with Crippen LogP contribution in [0.1, 0.15) is 25.5 Å². The monoisotopic (exact) mass is 273 g/mol. The van der Waals surface area contributed by atoms with E-state index in [4.69, 9.17) is 27.9 Å². The van der Waals surface area contributed by atoms with Crippen molar-refractivity contribution in [1.29, 1.82) is 0 Å². The van der Waals surface area contributed by atoms with Crippen molar-refractivity contribution in [3.05, 3.63) is 40.4 Å². The zero-order valence-electron chi connectivity index (χ0n) is 10.0. The summed E-state index contributed by atoms with van der Waals surface area (Å²) in [7, 11) is 0. The molecule has 0 bridgehead atoms. The fourth-order valence-corrected chi connectivity index (χ4v) is 1.60. The standard InChI is InChI=1S/C13H17Cl2NO/c1-3-16-10(2)11-5-4-6-13(7-11)17-9-12(15)8-14/h4-8,10,16H,3,9H2,1-2H3. The summed E-state index contributed by atoms with van der Waals surface area (Å²) in [6, 6.07) is 8.25. The molecule has 1 atom stereocenters. The lowest BCUT2D eigenvalue weighted by Gasteiger charge is -2.14. The van der Waals surface area contributed by atoms with Crippen LogP contribution in [0.3, 0.4) is 0 Å². The van der Waals surface area contributed by atoms with Crippen LogP contribution in [-0.4, -0.2) is 13.2 Å². The maximum absolute atomic E-state index is 5.76. The summed E-state index contributed by atoms with van der Waals surface area (Å²) in [6.07, 6.45) is 0. The Hall–Kier alpha value is -0.700. The van der Waals surface area contributed by atoms with Crippen molar-refractivity contribution in [2.24, 2.45) is 0 Å². The molecule has 1 rings (SSSR count). The minimum atomic E-state index is 0.296. The van der Waals surface area contributed by atoms with Crippen LogP contribution >= 0.6 is 23.2 Å². The van der Waals surface area contributed by atoms with E-state index in [9.17, 15) is 0 Å². The van der Waals surface area contributed by atoms with Gasteiger partial charge in [-0.25, -0.2) is 0 Å². The molecule has 0 radical (unpaired) electrons. The van der Waals surface area contributed by atoms with Crippen LogP contribution in [0.4, 0.5) is 0 Å². The Kier molecular flexibility index (Phi) is 6.41. The predicted molar refractivity (Wildman–Crippen MR) is 73.8 cm³/mol.